The fourth-order valence-corrected chi connectivity index (χ4v) is 2.51. The van der Waals surface area contributed by atoms with Crippen LogP contribution in [-0.4, -0.2) is 26.8 Å². The molecular weight excluding hydrogens is 304 g/mol. The van der Waals surface area contributed by atoms with E-state index in [0.717, 1.165) is 30.0 Å². The van der Waals surface area contributed by atoms with E-state index in [4.69, 9.17) is 9.47 Å². The predicted octanol–water partition coefficient (Wildman–Crippen LogP) is 4.74. The number of aryl methyl sites for hydroxylation is 1. The number of ether oxygens (including phenoxy) is 2. The molecule has 0 spiro atoms. The number of urea groups is 1. The Morgan fingerprint density at radius 1 is 1.04 bits per heavy atom. The van der Waals surface area contributed by atoms with Crippen LogP contribution in [0.15, 0.2) is 12.1 Å². The van der Waals surface area contributed by atoms with Crippen LogP contribution in [0, 0.1) is 12.8 Å². The van der Waals surface area contributed by atoms with Gasteiger partial charge in [-0.05, 0) is 30.9 Å². The number of hydrogen-bond acceptors (Lipinski definition) is 3. The van der Waals surface area contributed by atoms with Gasteiger partial charge in [0.1, 0.15) is 0 Å². The molecule has 0 aromatic heterocycles. The molecule has 0 aliphatic rings. The lowest BCUT2D eigenvalue weighted by atomic mass is 10.0. The number of anilines is 1. The molecule has 0 aliphatic heterocycles. The van der Waals surface area contributed by atoms with E-state index in [9.17, 15) is 4.79 Å². The topological polar surface area (TPSA) is 59.6 Å². The molecule has 2 amide bonds. The van der Waals surface area contributed by atoms with Crippen LogP contribution in [0.4, 0.5) is 10.5 Å². The summed E-state index contributed by atoms with van der Waals surface area (Å²) < 4.78 is 10.5. The number of amides is 2. The molecular formula is C19H32N2O3. The monoisotopic (exact) mass is 336 g/mol. The van der Waals surface area contributed by atoms with Crippen LogP contribution in [0.5, 0.6) is 11.5 Å². The van der Waals surface area contributed by atoms with Crippen LogP contribution in [0.25, 0.3) is 0 Å². The van der Waals surface area contributed by atoms with E-state index in [0.29, 0.717) is 18.0 Å². The van der Waals surface area contributed by atoms with Crippen molar-refractivity contribution in [1.29, 1.82) is 0 Å². The van der Waals surface area contributed by atoms with Crippen molar-refractivity contribution in [2.75, 3.05) is 26.1 Å². The Balaban J connectivity index is 2.35. The first-order valence-corrected chi connectivity index (χ1v) is 8.75. The number of carbonyl (C=O) groups is 1. The molecule has 1 aromatic carbocycles. The molecule has 1 aromatic rings. The van der Waals surface area contributed by atoms with E-state index in [2.05, 4.69) is 24.5 Å². The maximum atomic E-state index is 12.0. The summed E-state index contributed by atoms with van der Waals surface area (Å²) in [6.45, 7) is 7.12. The lowest BCUT2D eigenvalue weighted by Gasteiger charge is -2.14. The summed E-state index contributed by atoms with van der Waals surface area (Å²) in [6, 6.07) is 3.44. The van der Waals surface area contributed by atoms with Gasteiger partial charge in [0.15, 0.2) is 11.5 Å². The molecule has 0 unspecified atom stereocenters. The van der Waals surface area contributed by atoms with Gasteiger partial charge in [0.05, 0.1) is 14.2 Å². The van der Waals surface area contributed by atoms with Crippen LogP contribution in [0.2, 0.25) is 0 Å². The summed E-state index contributed by atoms with van der Waals surface area (Å²) in [7, 11) is 3.18. The van der Waals surface area contributed by atoms with Crippen LogP contribution < -0.4 is 20.1 Å². The van der Waals surface area contributed by atoms with Gasteiger partial charge < -0.3 is 20.1 Å². The van der Waals surface area contributed by atoms with Crippen LogP contribution in [0.1, 0.15) is 51.5 Å². The van der Waals surface area contributed by atoms with Crippen LogP contribution in [-0.2, 0) is 0 Å². The second-order valence-electron chi connectivity index (χ2n) is 6.50. The fourth-order valence-electron chi connectivity index (χ4n) is 2.51. The molecule has 24 heavy (non-hydrogen) atoms. The molecule has 0 saturated heterocycles. The molecule has 0 radical (unpaired) electrons. The number of methoxy groups -OCH3 is 2. The van der Waals surface area contributed by atoms with Gasteiger partial charge in [-0.15, -0.1) is 0 Å². The van der Waals surface area contributed by atoms with E-state index >= 15 is 0 Å². The van der Waals surface area contributed by atoms with Gasteiger partial charge in [-0.2, -0.15) is 0 Å². The van der Waals surface area contributed by atoms with Gasteiger partial charge in [-0.25, -0.2) is 4.79 Å². The minimum Gasteiger partial charge on any atom is -0.493 e. The third-order valence-corrected chi connectivity index (χ3v) is 3.97. The Kier molecular flexibility index (Phi) is 9.05. The third-order valence-electron chi connectivity index (χ3n) is 3.97. The number of hydrogen-bond donors (Lipinski definition) is 2. The van der Waals surface area contributed by atoms with Gasteiger partial charge in [0.25, 0.3) is 0 Å². The summed E-state index contributed by atoms with van der Waals surface area (Å²) in [4.78, 5) is 12.0. The number of benzene rings is 1. The minimum absolute atomic E-state index is 0.187. The van der Waals surface area contributed by atoms with Crippen LogP contribution in [0.3, 0.4) is 0 Å². The second kappa shape index (κ2) is 10.8. The third kappa shape index (κ3) is 7.11. The standard InChI is InChI=1S/C19H32N2O3/c1-14(2)10-8-6-7-9-11-20-19(22)21-16-13-18(24-5)17(23-4)12-15(16)3/h12-14H,6-11H2,1-5H3,(H2,20,21,22). The largest absolute Gasteiger partial charge is 0.493 e. The molecule has 0 saturated carbocycles. The lowest BCUT2D eigenvalue weighted by Crippen LogP contribution is -2.29. The summed E-state index contributed by atoms with van der Waals surface area (Å²) in [6.07, 6.45) is 5.95. The summed E-state index contributed by atoms with van der Waals surface area (Å²) in [5.41, 5.74) is 1.65. The summed E-state index contributed by atoms with van der Waals surface area (Å²) in [5, 5.41) is 5.77. The highest BCUT2D eigenvalue weighted by Gasteiger charge is 2.10. The average molecular weight is 336 g/mol. The van der Waals surface area contributed by atoms with Gasteiger partial charge in [-0.3, -0.25) is 0 Å². The van der Waals surface area contributed by atoms with Gasteiger partial charge in [-0.1, -0.05) is 39.5 Å². The SMILES string of the molecule is COc1cc(C)c(NC(=O)NCCCCCCC(C)C)cc1OC. The number of carbonyl (C=O) groups excluding carboxylic acids is 1. The fraction of sp³-hybridized carbons (Fsp3) is 0.632. The minimum atomic E-state index is -0.187. The van der Waals surface area contributed by atoms with Crippen molar-refractivity contribution in [3.8, 4) is 11.5 Å². The average Bonchev–Trinajstić information content (AvgIpc) is 2.55. The molecule has 0 heterocycles. The lowest BCUT2D eigenvalue weighted by molar-refractivity contribution is 0.252. The number of nitrogens with one attached hydrogen (secondary N) is 2. The zero-order chi connectivity index (χ0) is 17.9. The van der Waals surface area contributed by atoms with Gasteiger partial charge in [0, 0.05) is 18.3 Å². The van der Waals surface area contributed by atoms with E-state index in [1.54, 1.807) is 20.3 Å². The summed E-state index contributed by atoms with van der Waals surface area (Å²) in [5.74, 6) is 2.03. The quantitative estimate of drug-likeness (QED) is 0.607. The van der Waals surface area contributed by atoms with E-state index < -0.39 is 0 Å². The van der Waals surface area contributed by atoms with Crippen LogP contribution >= 0.6 is 0 Å². The van der Waals surface area contributed by atoms with Crippen molar-refractivity contribution >= 4 is 11.7 Å². The molecule has 1 rings (SSSR count). The van der Waals surface area contributed by atoms with Gasteiger partial charge >= 0.3 is 6.03 Å². The molecule has 0 fully saturated rings. The van der Waals surface area contributed by atoms with Crippen molar-refractivity contribution in [2.45, 2.75) is 52.9 Å². The Morgan fingerprint density at radius 3 is 2.29 bits per heavy atom. The number of unbranched alkanes of at least 4 members (excludes halogenated alkanes) is 3. The molecule has 5 nitrogen and oxygen atoms in total. The zero-order valence-corrected chi connectivity index (χ0v) is 15.7. The first-order valence-electron chi connectivity index (χ1n) is 8.75. The first kappa shape index (κ1) is 20.1. The molecule has 0 aliphatic carbocycles. The molecule has 0 atom stereocenters. The Bertz CT molecular complexity index is 516. The Hall–Kier alpha value is -1.91. The van der Waals surface area contributed by atoms with Crippen molar-refractivity contribution in [1.82, 2.24) is 5.32 Å². The van der Waals surface area contributed by atoms with Gasteiger partial charge in [0.2, 0.25) is 0 Å². The van der Waals surface area contributed by atoms with Crippen molar-refractivity contribution in [2.24, 2.45) is 5.92 Å². The normalized spacial score (nSPS) is 10.6. The van der Waals surface area contributed by atoms with Crippen molar-refractivity contribution in [3.63, 3.8) is 0 Å². The maximum absolute atomic E-state index is 12.0. The first-order chi connectivity index (χ1) is 11.5. The highest BCUT2D eigenvalue weighted by molar-refractivity contribution is 5.90. The second-order valence-corrected chi connectivity index (χ2v) is 6.50. The number of rotatable bonds is 10. The van der Waals surface area contributed by atoms with Crippen molar-refractivity contribution in [3.05, 3.63) is 17.7 Å². The molecule has 2 N–H and O–H groups in total. The predicted molar refractivity (Wildman–Crippen MR) is 99.2 cm³/mol. The molecule has 0 bridgehead atoms. The smallest absolute Gasteiger partial charge is 0.319 e. The molecule has 5 heteroatoms. The summed E-state index contributed by atoms with van der Waals surface area (Å²) >= 11 is 0. The Labute approximate surface area is 146 Å². The Morgan fingerprint density at radius 2 is 1.67 bits per heavy atom. The molecule has 136 valence electrons. The highest BCUT2D eigenvalue weighted by atomic mass is 16.5. The van der Waals surface area contributed by atoms with E-state index in [1.165, 1.54) is 19.3 Å². The highest BCUT2D eigenvalue weighted by Crippen LogP contribution is 2.32. The van der Waals surface area contributed by atoms with Crippen molar-refractivity contribution < 1.29 is 14.3 Å². The zero-order valence-electron chi connectivity index (χ0n) is 15.7. The maximum Gasteiger partial charge on any atom is 0.319 e. The van der Waals surface area contributed by atoms with E-state index in [-0.39, 0.29) is 6.03 Å². The van der Waals surface area contributed by atoms with E-state index in [1.807, 2.05) is 13.0 Å².